The van der Waals surface area contributed by atoms with Crippen LogP contribution >= 0.6 is 34.8 Å². The summed E-state index contributed by atoms with van der Waals surface area (Å²) in [7, 11) is 0. The van der Waals surface area contributed by atoms with Crippen LogP contribution in [0, 0.1) is 6.92 Å². The second-order valence-electron chi connectivity index (χ2n) is 7.82. The van der Waals surface area contributed by atoms with E-state index in [1.165, 1.54) is 0 Å². The van der Waals surface area contributed by atoms with E-state index in [0.29, 0.717) is 46.0 Å². The van der Waals surface area contributed by atoms with Crippen LogP contribution in [0.15, 0.2) is 63.8 Å². The van der Waals surface area contributed by atoms with Crippen LogP contribution in [0.1, 0.15) is 16.7 Å². The summed E-state index contributed by atoms with van der Waals surface area (Å²) in [5.41, 5.74) is 4.24. The second kappa shape index (κ2) is 8.45. The minimum Gasteiger partial charge on any atom is -0.478 e. The molecule has 7 heteroatoms. The Balaban J connectivity index is 1.54. The number of fused-ring (bicyclic) bond motifs is 3. The summed E-state index contributed by atoms with van der Waals surface area (Å²) < 4.78 is 11.8. The molecule has 0 saturated carbocycles. The van der Waals surface area contributed by atoms with Crippen molar-refractivity contribution in [1.82, 2.24) is 4.90 Å². The van der Waals surface area contributed by atoms with Crippen molar-refractivity contribution >= 4 is 45.8 Å². The first-order valence-electron chi connectivity index (χ1n) is 10.0. The topological polar surface area (TPSA) is 42.7 Å². The number of nitrogens with zero attached hydrogens (tertiary/aromatic N) is 1. The Kier molecular flexibility index (Phi) is 5.64. The molecular weight excluding hydrogens is 469 g/mol. The Morgan fingerprint density at radius 1 is 0.969 bits per heavy atom. The fraction of sp³-hybridized carbons (Fsp3) is 0.160. The lowest BCUT2D eigenvalue weighted by Gasteiger charge is -2.29. The average molecular weight is 487 g/mol. The quantitative estimate of drug-likeness (QED) is 0.290. The summed E-state index contributed by atoms with van der Waals surface area (Å²) in [5, 5.41) is 2.54. The predicted octanol–water partition coefficient (Wildman–Crippen LogP) is 7.08. The molecule has 3 aromatic carbocycles. The molecule has 0 bridgehead atoms. The van der Waals surface area contributed by atoms with Gasteiger partial charge in [-0.05, 0) is 60.0 Å². The van der Waals surface area contributed by atoms with Crippen LogP contribution in [0.25, 0.3) is 22.1 Å². The highest BCUT2D eigenvalue weighted by Crippen LogP contribution is 2.36. The summed E-state index contributed by atoms with van der Waals surface area (Å²) in [6.07, 6.45) is 0. The lowest BCUT2D eigenvalue weighted by atomic mass is 9.97. The van der Waals surface area contributed by atoms with E-state index >= 15 is 0 Å². The Morgan fingerprint density at radius 2 is 1.75 bits per heavy atom. The summed E-state index contributed by atoms with van der Waals surface area (Å²) in [4.78, 5) is 15.1. The average Bonchev–Trinajstić information content (AvgIpc) is 2.77. The first-order chi connectivity index (χ1) is 15.4. The molecule has 1 aliphatic rings. The number of benzene rings is 3. The molecule has 0 unspecified atom stereocenters. The zero-order valence-electron chi connectivity index (χ0n) is 17.1. The lowest BCUT2D eigenvalue weighted by molar-refractivity contribution is 0.0890. The molecule has 0 radical (unpaired) electrons. The van der Waals surface area contributed by atoms with Crippen molar-refractivity contribution in [1.29, 1.82) is 0 Å². The van der Waals surface area contributed by atoms with E-state index in [0.717, 1.165) is 33.4 Å². The summed E-state index contributed by atoms with van der Waals surface area (Å²) in [6.45, 7) is 3.56. The van der Waals surface area contributed by atoms with Crippen molar-refractivity contribution in [2.75, 3.05) is 6.73 Å². The predicted molar refractivity (Wildman–Crippen MR) is 129 cm³/mol. The van der Waals surface area contributed by atoms with Crippen LogP contribution in [0.3, 0.4) is 0 Å². The van der Waals surface area contributed by atoms with Crippen LogP contribution in [-0.2, 0) is 13.1 Å². The van der Waals surface area contributed by atoms with E-state index in [9.17, 15) is 4.79 Å². The minimum atomic E-state index is -0.382. The third kappa shape index (κ3) is 3.89. The Hall–Kier alpha value is -2.50. The van der Waals surface area contributed by atoms with Crippen molar-refractivity contribution in [2.45, 2.75) is 20.0 Å². The largest absolute Gasteiger partial charge is 0.478 e. The maximum atomic E-state index is 13.0. The van der Waals surface area contributed by atoms with Crippen molar-refractivity contribution in [3.63, 3.8) is 0 Å². The molecule has 0 saturated heterocycles. The van der Waals surface area contributed by atoms with E-state index in [2.05, 4.69) is 4.90 Å². The number of aryl methyl sites for hydroxylation is 1. The van der Waals surface area contributed by atoms with Gasteiger partial charge < -0.3 is 9.15 Å². The van der Waals surface area contributed by atoms with Gasteiger partial charge in [-0.15, -0.1) is 0 Å². The SMILES string of the molecule is Cc1c(-c2ccc(Cl)cc2)c(=O)oc2c3c(ccc12)OCN(Cc1ccc(Cl)c(Cl)c1)C3. The molecule has 0 spiro atoms. The monoisotopic (exact) mass is 485 g/mol. The van der Waals surface area contributed by atoms with Gasteiger partial charge in [0.1, 0.15) is 18.1 Å². The molecule has 0 fully saturated rings. The molecule has 0 N–H and O–H groups in total. The molecule has 32 heavy (non-hydrogen) atoms. The van der Waals surface area contributed by atoms with Crippen LogP contribution < -0.4 is 10.4 Å². The van der Waals surface area contributed by atoms with Crippen LogP contribution in [0.2, 0.25) is 15.1 Å². The van der Waals surface area contributed by atoms with Gasteiger partial charge in [-0.25, -0.2) is 4.79 Å². The molecule has 1 aliphatic heterocycles. The molecule has 0 amide bonds. The van der Waals surface area contributed by atoms with Crippen LogP contribution in [0.5, 0.6) is 5.75 Å². The van der Waals surface area contributed by atoms with Gasteiger partial charge in [-0.3, -0.25) is 4.90 Å². The van der Waals surface area contributed by atoms with Crippen LogP contribution in [-0.4, -0.2) is 11.6 Å². The molecule has 2 heterocycles. The minimum absolute atomic E-state index is 0.382. The van der Waals surface area contributed by atoms with Crippen LogP contribution in [0.4, 0.5) is 0 Å². The maximum absolute atomic E-state index is 13.0. The zero-order valence-corrected chi connectivity index (χ0v) is 19.4. The van der Waals surface area contributed by atoms with Gasteiger partial charge in [-0.1, -0.05) is 53.0 Å². The van der Waals surface area contributed by atoms with E-state index < -0.39 is 0 Å². The van der Waals surface area contributed by atoms with Gasteiger partial charge in [0.25, 0.3) is 0 Å². The molecule has 5 rings (SSSR count). The number of hydrogen-bond acceptors (Lipinski definition) is 4. The summed E-state index contributed by atoms with van der Waals surface area (Å²) >= 11 is 18.2. The second-order valence-corrected chi connectivity index (χ2v) is 9.08. The zero-order chi connectivity index (χ0) is 22.4. The highest BCUT2D eigenvalue weighted by Gasteiger charge is 2.24. The maximum Gasteiger partial charge on any atom is 0.344 e. The van der Waals surface area contributed by atoms with Crippen molar-refractivity contribution in [3.8, 4) is 16.9 Å². The Labute approximate surface area is 199 Å². The van der Waals surface area contributed by atoms with Gasteiger partial charge in [-0.2, -0.15) is 0 Å². The molecule has 4 aromatic rings. The Bertz CT molecular complexity index is 1400. The van der Waals surface area contributed by atoms with E-state index in [1.54, 1.807) is 18.2 Å². The van der Waals surface area contributed by atoms with Crippen molar-refractivity contribution < 1.29 is 9.15 Å². The van der Waals surface area contributed by atoms with E-state index in [1.807, 2.05) is 43.3 Å². The molecule has 0 atom stereocenters. The first-order valence-corrected chi connectivity index (χ1v) is 11.2. The molecule has 0 aliphatic carbocycles. The highest BCUT2D eigenvalue weighted by molar-refractivity contribution is 6.42. The van der Waals surface area contributed by atoms with Crippen molar-refractivity contribution in [2.24, 2.45) is 0 Å². The van der Waals surface area contributed by atoms with Gasteiger partial charge in [0.2, 0.25) is 0 Å². The third-order valence-corrected chi connectivity index (χ3v) is 6.69. The Morgan fingerprint density at radius 3 is 2.50 bits per heavy atom. The standard InChI is InChI=1S/C25H18Cl3NO3/c1-14-18-7-9-22-19(12-29(13-31-22)11-15-2-8-20(27)21(28)10-15)24(18)32-25(30)23(14)16-3-5-17(26)6-4-16/h2-10H,11-13H2,1H3. The number of rotatable bonds is 3. The normalized spacial score (nSPS) is 13.8. The van der Waals surface area contributed by atoms with Gasteiger partial charge in [0.15, 0.2) is 0 Å². The van der Waals surface area contributed by atoms with Gasteiger partial charge in [0, 0.05) is 23.5 Å². The molecular formula is C25H18Cl3NO3. The fourth-order valence-corrected chi connectivity index (χ4v) is 4.56. The highest BCUT2D eigenvalue weighted by atomic mass is 35.5. The third-order valence-electron chi connectivity index (χ3n) is 5.70. The first kappa shape index (κ1) is 21.4. The number of hydrogen-bond donors (Lipinski definition) is 0. The summed E-state index contributed by atoms with van der Waals surface area (Å²) in [5.74, 6) is 0.727. The van der Waals surface area contributed by atoms with E-state index in [4.69, 9.17) is 44.0 Å². The van der Waals surface area contributed by atoms with Crippen molar-refractivity contribution in [3.05, 3.63) is 96.8 Å². The number of ether oxygens (including phenoxy) is 1. The van der Waals surface area contributed by atoms with Gasteiger partial charge >= 0.3 is 5.63 Å². The smallest absolute Gasteiger partial charge is 0.344 e. The van der Waals surface area contributed by atoms with E-state index in [-0.39, 0.29) is 5.63 Å². The molecule has 4 nitrogen and oxygen atoms in total. The van der Waals surface area contributed by atoms with Gasteiger partial charge in [0.05, 0.1) is 21.2 Å². The fourth-order valence-electron chi connectivity index (χ4n) is 4.12. The lowest BCUT2D eigenvalue weighted by Crippen LogP contribution is -2.31. The summed E-state index contributed by atoms with van der Waals surface area (Å²) in [6, 6.07) is 16.6. The molecule has 1 aromatic heterocycles. The number of halogens is 3. The molecule has 162 valence electrons.